The van der Waals surface area contributed by atoms with Crippen molar-refractivity contribution in [2.45, 2.75) is 6.92 Å². The van der Waals surface area contributed by atoms with Crippen molar-refractivity contribution in [1.29, 1.82) is 0 Å². The molecule has 0 aliphatic rings. The lowest BCUT2D eigenvalue weighted by atomic mass is 10.2. The fourth-order valence-electron chi connectivity index (χ4n) is 2.10. The largest absolute Gasteiger partial charge is 0.477 e. The van der Waals surface area contributed by atoms with Gasteiger partial charge in [-0.15, -0.1) is 0 Å². The summed E-state index contributed by atoms with van der Waals surface area (Å²) < 4.78 is 18.5. The quantitative estimate of drug-likeness (QED) is 0.674. The number of pyridine rings is 1. The van der Waals surface area contributed by atoms with E-state index in [1.54, 1.807) is 31.2 Å². The number of ether oxygens (including phenoxy) is 2. The van der Waals surface area contributed by atoms with E-state index in [-0.39, 0.29) is 11.4 Å². The molecule has 3 rings (SSSR count). The highest BCUT2D eigenvalue weighted by molar-refractivity contribution is 7.00. The predicted octanol–water partition coefficient (Wildman–Crippen LogP) is 2.28. The standard InChI is InChI=1S/C16H14N4O4S/c1-2-23-15-10(5-4-8-17-15)16(22)24-9-13(21)18-11-6-3-7-12-14(11)20-25-19-12/h3-8H,2,9H2,1H3,(H,18,21). The van der Waals surface area contributed by atoms with Gasteiger partial charge >= 0.3 is 5.97 Å². The fraction of sp³-hybridized carbons (Fsp3) is 0.188. The molecule has 0 saturated heterocycles. The Kier molecular flexibility index (Phi) is 5.14. The molecule has 0 radical (unpaired) electrons. The van der Waals surface area contributed by atoms with Crippen LogP contribution in [0.15, 0.2) is 36.5 Å². The number of amides is 1. The number of benzene rings is 1. The minimum Gasteiger partial charge on any atom is -0.477 e. The molecule has 0 unspecified atom stereocenters. The number of aromatic nitrogens is 3. The van der Waals surface area contributed by atoms with Gasteiger partial charge < -0.3 is 14.8 Å². The molecule has 8 nitrogen and oxygen atoms in total. The number of fused-ring (bicyclic) bond motifs is 1. The highest BCUT2D eigenvalue weighted by Crippen LogP contribution is 2.21. The van der Waals surface area contributed by atoms with E-state index in [1.165, 1.54) is 12.3 Å². The molecule has 1 amide bonds. The molecule has 25 heavy (non-hydrogen) atoms. The first kappa shape index (κ1) is 16.8. The van der Waals surface area contributed by atoms with Crippen LogP contribution in [0.1, 0.15) is 17.3 Å². The molecule has 0 aliphatic heterocycles. The van der Waals surface area contributed by atoms with Gasteiger partial charge in [0.2, 0.25) is 5.88 Å². The van der Waals surface area contributed by atoms with E-state index in [1.807, 2.05) is 0 Å². The maximum atomic E-state index is 12.1. The van der Waals surface area contributed by atoms with Crippen LogP contribution < -0.4 is 10.1 Å². The number of hydrogen-bond donors (Lipinski definition) is 1. The lowest BCUT2D eigenvalue weighted by Gasteiger charge is -2.09. The topological polar surface area (TPSA) is 103 Å². The minimum absolute atomic E-state index is 0.169. The van der Waals surface area contributed by atoms with Gasteiger partial charge in [0.1, 0.15) is 16.6 Å². The molecule has 1 N–H and O–H groups in total. The summed E-state index contributed by atoms with van der Waals surface area (Å²) in [4.78, 5) is 28.1. The number of carbonyl (C=O) groups excluding carboxylic acids is 2. The first-order valence-corrected chi connectivity index (χ1v) is 8.18. The Hall–Kier alpha value is -3.07. The van der Waals surface area contributed by atoms with Crippen LogP contribution >= 0.6 is 11.7 Å². The lowest BCUT2D eigenvalue weighted by Crippen LogP contribution is -2.21. The Morgan fingerprint density at radius 2 is 2.08 bits per heavy atom. The van der Waals surface area contributed by atoms with Crippen molar-refractivity contribution in [3.63, 3.8) is 0 Å². The van der Waals surface area contributed by atoms with E-state index in [4.69, 9.17) is 9.47 Å². The summed E-state index contributed by atoms with van der Waals surface area (Å²) in [5.74, 6) is -0.982. The second-order valence-electron chi connectivity index (χ2n) is 4.85. The highest BCUT2D eigenvalue weighted by atomic mass is 32.1. The van der Waals surface area contributed by atoms with Crippen LogP contribution in [0, 0.1) is 0 Å². The molecule has 0 spiro atoms. The normalized spacial score (nSPS) is 10.4. The van der Waals surface area contributed by atoms with Crippen LogP contribution in [0.2, 0.25) is 0 Å². The molecule has 2 heterocycles. The first-order chi connectivity index (χ1) is 12.2. The van der Waals surface area contributed by atoms with Gasteiger partial charge in [-0.1, -0.05) is 6.07 Å². The monoisotopic (exact) mass is 358 g/mol. The van der Waals surface area contributed by atoms with Gasteiger partial charge in [0, 0.05) is 6.20 Å². The third-order valence-electron chi connectivity index (χ3n) is 3.17. The van der Waals surface area contributed by atoms with Gasteiger partial charge in [0.25, 0.3) is 5.91 Å². The van der Waals surface area contributed by atoms with Crippen LogP contribution in [0.3, 0.4) is 0 Å². The lowest BCUT2D eigenvalue weighted by molar-refractivity contribution is -0.119. The van der Waals surface area contributed by atoms with Crippen molar-refractivity contribution in [2.24, 2.45) is 0 Å². The Balaban J connectivity index is 1.63. The molecule has 2 aromatic heterocycles. The maximum absolute atomic E-state index is 12.1. The summed E-state index contributed by atoms with van der Waals surface area (Å²) in [6.45, 7) is 1.71. The zero-order valence-corrected chi connectivity index (χ0v) is 14.1. The predicted molar refractivity (Wildman–Crippen MR) is 91.7 cm³/mol. The van der Waals surface area contributed by atoms with E-state index in [0.29, 0.717) is 23.3 Å². The Labute approximate surface area is 147 Å². The Bertz CT molecular complexity index is 912. The van der Waals surface area contributed by atoms with Gasteiger partial charge in [-0.05, 0) is 31.2 Å². The average Bonchev–Trinajstić information content (AvgIpc) is 3.10. The van der Waals surface area contributed by atoms with Gasteiger partial charge in [-0.2, -0.15) is 8.75 Å². The third kappa shape index (κ3) is 3.89. The smallest absolute Gasteiger partial charge is 0.344 e. The molecule has 0 atom stereocenters. The van der Waals surface area contributed by atoms with E-state index < -0.39 is 18.5 Å². The number of anilines is 1. The molecule has 0 aliphatic carbocycles. The number of nitrogens with one attached hydrogen (secondary N) is 1. The summed E-state index contributed by atoms with van der Waals surface area (Å²) >= 11 is 1.06. The van der Waals surface area contributed by atoms with Crippen LogP contribution in [0.25, 0.3) is 11.0 Å². The number of rotatable bonds is 6. The van der Waals surface area contributed by atoms with Crippen LogP contribution in [-0.2, 0) is 9.53 Å². The summed E-state index contributed by atoms with van der Waals surface area (Å²) in [5.41, 5.74) is 1.97. The second-order valence-corrected chi connectivity index (χ2v) is 5.38. The van der Waals surface area contributed by atoms with E-state index in [2.05, 4.69) is 19.0 Å². The number of hydrogen-bond acceptors (Lipinski definition) is 8. The summed E-state index contributed by atoms with van der Waals surface area (Å²) in [5, 5.41) is 2.66. The SMILES string of the molecule is CCOc1ncccc1C(=O)OCC(=O)Nc1cccc2nsnc12. The molecule has 0 fully saturated rings. The summed E-state index contributed by atoms with van der Waals surface area (Å²) in [6, 6.07) is 8.38. The van der Waals surface area contributed by atoms with Crippen molar-refractivity contribution in [1.82, 2.24) is 13.7 Å². The fourth-order valence-corrected chi connectivity index (χ4v) is 2.65. The zero-order chi connectivity index (χ0) is 17.6. The number of esters is 1. The Morgan fingerprint density at radius 3 is 2.92 bits per heavy atom. The number of nitrogens with zero attached hydrogens (tertiary/aromatic N) is 3. The Morgan fingerprint density at radius 1 is 1.20 bits per heavy atom. The molecule has 0 saturated carbocycles. The molecule has 9 heteroatoms. The molecule has 128 valence electrons. The van der Waals surface area contributed by atoms with Gasteiger partial charge in [0.15, 0.2) is 6.61 Å². The van der Waals surface area contributed by atoms with Gasteiger partial charge in [-0.25, -0.2) is 9.78 Å². The minimum atomic E-state index is -0.680. The maximum Gasteiger partial charge on any atom is 0.344 e. The van der Waals surface area contributed by atoms with Crippen molar-refractivity contribution < 1.29 is 19.1 Å². The van der Waals surface area contributed by atoms with E-state index in [0.717, 1.165) is 11.7 Å². The number of carbonyl (C=O) groups is 2. The second kappa shape index (κ2) is 7.67. The average molecular weight is 358 g/mol. The van der Waals surface area contributed by atoms with Crippen LogP contribution in [-0.4, -0.2) is 38.8 Å². The summed E-state index contributed by atoms with van der Waals surface area (Å²) in [6.07, 6.45) is 1.51. The van der Waals surface area contributed by atoms with Crippen molar-refractivity contribution in [3.05, 3.63) is 42.1 Å². The molecule has 1 aromatic carbocycles. The molecule has 3 aromatic rings. The van der Waals surface area contributed by atoms with Crippen molar-refractivity contribution in [2.75, 3.05) is 18.5 Å². The molecular formula is C16H14N4O4S. The van der Waals surface area contributed by atoms with Crippen molar-refractivity contribution >= 4 is 40.3 Å². The highest BCUT2D eigenvalue weighted by Gasteiger charge is 2.17. The van der Waals surface area contributed by atoms with Gasteiger partial charge in [0.05, 0.1) is 24.0 Å². The first-order valence-electron chi connectivity index (χ1n) is 7.45. The third-order valence-corrected chi connectivity index (χ3v) is 3.71. The van der Waals surface area contributed by atoms with Gasteiger partial charge in [-0.3, -0.25) is 4.79 Å². The van der Waals surface area contributed by atoms with E-state index in [9.17, 15) is 9.59 Å². The van der Waals surface area contributed by atoms with Crippen LogP contribution in [0.4, 0.5) is 5.69 Å². The zero-order valence-electron chi connectivity index (χ0n) is 13.3. The van der Waals surface area contributed by atoms with Crippen LogP contribution in [0.5, 0.6) is 5.88 Å². The molecular weight excluding hydrogens is 344 g/mol. The van der Waals surface area contributed by atoms with Crippen molar-refractivity contribution in [3.8, 4) is 5.88 Å². The van der Waals surface area contributed by atoms with E-state index >= 15 is 0 Å². The molecule has 0 bridgehead atoms. The summed E-state index contributed by atoms with van der Waals surface area (Å²) in [7, 11) is 0.